The fraction of sp³-hybridized carbons (Fsp3) is 0.933. The van der Waals surface area contributed by atoms with Gasteiger partial charge in [-0.15, -0.1) is 0 Å². The van der Waals surface area contributed by atoms with Crippen molar-refractivity contribution in [2.75, 3.05) is 7.11 Å². The Labute approximate surface area is 126 Å². The molecule has 0 amide bonds. The largest absolute Gasteiger partial charge is 0.508 e. The van der Waals surface area contributed by atoms with Gasteiger partial charge >= 0.3 is 6.16 Å². The molecule has 0 aromatic carbocycles. The van der Waals surface area contributed by atoms with Crippen molar-refractivity contribution in [2.24, 2.45) is 5.92 Å². The first-order chi connectivity index (χ1) is 9.90. The Kier molecular flexibility index (Phi) is 7.42. The maximum Gasteiger partial charge on any atom is 0.508 e. The van der Waals surface area contributed by atoms with Gasteiger partial charge in [-0.2, -0.15) is 4.89 Å². The second-order valence-electron chi connectivity index (χ2n) is 6.05. The van der Waals surface area contributed by atoms with Crippen molar-refractivity contribution in [3.05, 3.63) is 0 Å². The Hall–Kier alpha value is -0.850. The highest BCUT2D eigenvalue weighted by atomic mass is 17.2. The van der Waals surface area contributed by atoms with E-state index < -0.39 is 24.2 Å². The van der Waals surface area contributed by atoms with Crippen LogP contribution in [0.2, 0.25) is 0 Å². The van der Waals surface area contributed by atoms with Gasteiger partial charge < -0.3 is 14.6 Å². The van der Waals surface area contributed by atoms with Crippen LogP contribution in [0.15, 0.2) is 0 Å². The van der Waals surface area contributed by atoms with Crippen molar-refractivity contribution in [1.82, 2.24) is 0 Å². The zero-order valence-corrected chi connectivity index (χ0v) is 13.5. The van der Waals surface area contributed by atoms with Gasteiger partial charge in [-0.3, -0.25) is 0 Å². The van der Waals surface area contributed by atoms with Crippen LogP contribution in [0.1, 0.15) is 59.3 Å². The molecule has 1 aliphatic carbocycles. The summed E-state index contributed by atoms with van der Waals surface area (Å²) in [7, 11) is 1.49. The van der Waals surface area contributed by atoms with Gasteiger partial charge in [0.1, 0.15) is 11.7 Å². The molecule has 124 valence electrons. The first kappa shape index (κ1) is 18.2. The third kappa shape index (κ3) is 5.80. The van der Waals surface area contributed by atoms with Crippen LogP contribution in [0.25, 0.3) is 0 Å². The molecule has 2 unspecified atom stereocenters. The summed E-state index contributed by atoms with van der Waals surface area (Å²) >= 11 is 0. The maximum atomic E-state index is 10.8. The van der Waals surface area contributed by atoms with Crippen LogP contribution in [-0.4, -0.2) is 36.4 Å². The first-order valence-corrected chi connectivity index (χ1v) is 7.67. The third-order valence-corrected chi connectivity index (χ3v) is 4.17. The minimum atomic E-state index is -1.41. The molecule has 6 heteroatoms. The Bertz CT molecular complexity index is 307. The number of hydrogen-bond acceptors (Lipinski definition) is 5. The van der Waals surface area contributed by atoms with Crippen LogP contribution in [0.5, 0.6) is 0 Å². The summed E-state index contributed by atoms with van der Waals surface area (Å²) in [6, 6.07) is 0. The summed E-state index contributed by atoms with van der Waals surface area (Å²) in [6.45, 7) is 5.80. The Balaban J connectivity index is 2.58. The lowest BCUT2D eigenvalue weighted by atomic mass is 9.79. The van der Waals surface area contributed by atoms with E-state index in [4.69, 9.17) is 24.4 Å². The normalized spacial score (nSPS) is 20.0. The molecule has 21 heavy (non-hydrogen) atoms. The molecular formula is C15H28O6. The predicted octanol–water partition coefficient (Wildman–Crippen LogP) is 3.74. The smallest absolute Gasteiger partial charge is 0.450 e. The molecule has 0 aromatic heterocycles. The number of carbonyl (C=O) groups is 1. The third-order valence-electron chi connectivity index (χ3n) is 4.17. The van der Waals surface area contributed by atoms with Gasteiger partial charge in [-0.05, 0) is 39.0 Å². The molecular weight excluding hydrogens is 276 g/mol. The van der Waals surface area contributed by atoms with Crippen molar-refractivity contribution in [2.45, 2.75) is 77.3 Å². The fourth-order valence-electron chi connectivity index (χ4n) is 2.76. The number of methoxy groups -OCH3 is 1. The molecule has 2 atom stereocenters. The molecule has 6 nitrogen and oxygen atoms in total. The van der Waals surface area contributed by atoms with Gasteiger partial charge in [0.2, 0.25) is 0 Å². The van der Waals surface area contributed by atoms with Gasteiger partial charge in [-0.1, -0.05) is 26.2 Å². The molecule has 0 radical (unpaired) electrons. The molecule has 1 saturated carbocycles. The zero-order valence-electron chi connectivity index (χ0n) is 13.5. The van der Waals surface area contributed by atoms with E-state index in [-0.39, 0.29) is 0 Å². The summed E-state index contributed by atoms with van der Waals surface area (Å²) in [5.74, 6) is 0.402. The van der Waals surface area contributed by atoms with Crippen LogP contribution in [0.4, 0.5) is 4.79 Å². The van der Waals surface area contributed by atoms with E-state index in [0.29, 0.717) is 12.3 Å². The summed E-state index contributed by atoms with van der Waals surface area (Å²) in [5.41, 5.74) is -0.480. The number of ether oxygens (including phenoxy) is 2. The monoisotopic (exact) mass is 304 g/mol. The molecule has 1 fully saturated rings. The molecule has 1 aliphatic rings. The van der Waals surface area contributed by atoms with Crippen molar-refractivity contribution in [3.8, 4) is 0 Å². The fourth-order valence-corrected chi connectivity index (χ4v) is 2.76. The van der Waals surface area contributed by atoms with Gasteiger partial charge in [-0.25, -0.2) is 9.68 Å². The first-order valence-electron chi connectivity index (χ1n) is 7.67. The quantitative estimate of drug-likeness (QED) is 0.319. The average molecular weight is 304 g/mol. The van der Waals surface area contributed by atoms with Crippen LogP contribution in [-0.2, 0) is 19.2 Å². The van der Waals surface area contributed by atoms with Crippen LogP contribution >= 0.6 is 0 Å². The lowest BCUT2D eigenvalue weighted by Gasteiger charge is -2.36. The Morgan fingerprint density at radius 3 is 2.38 bits per heavy atom. The Morgan fingerprint density at radius 1 is 1.29 bits per heavy atom. The van der Waals surface area contributed by atoms with E-state index in [1.807, 2.05) is 20.8 Å². The van der Waals surface area contributed by atoms with E-state index in [0.717, 1.165) is 12.8 Å². The van der Waals surface area contributed by atoms with Gasteiger partial charge in [0, 0.05) is 7.11 Å². The average Bonchev–Trinajstić information content (AvgIpc) is 2.46. The summed E-state index contributed by atoms with van der Waals surface area (Å²) in [6.07, 6.45) is 3.43. The van der Waals surface area contributed by atoms with Crippen molar-refractivity contribution in [1.29, 1.82) is 0 Å². The lowest BCUT2D eigenvalue weighted by molar-refractivity contribution is -0.433. The molecule has 0 aromatic rings. The molecule has 0 aliphatic heterocycles. The molecule has 0 spiro atoms. The number of rotatable bonds is 8. The Morgan fingerprint density at radius 2 is 1.90 bits per heavy atom. The predicted molar refractivity (Wildman–Crippen MR) is 76.8 cm³/mol. The van der Waals surface area contributed by atoms with Crippen molar-refractivity contribution < 1.29 is 29.1 Å². The number of carboxylic acid groups (broad SMARTS) is 1. The standard InChI is InChI=1S/C15H28O6/c1-5-12(18-4)13(19-14(16)17)20-21-15(2,3)11-9-7-6-8-10-11/h11-13H,5-10H2,1-4H3,(H,16,17). The minimum Gasteiger partial charge on any atom is -0.450 e. The van der Waals surface area contributed by atoms with E-state index >= 15 is 0 Å². The maximum absolute atomic E-state index is 10.8. The second kappa shape index (κ2) is 8.56. The van der Waals surface area contributed by atoms with E-state index in [1.54, 1.807) is 0 Å². The molecule has 0 saturated heterocycles. The summed E-state index contributed by atoms with van der Waals surface area (Å²) < 4.78 is 9.90. The van der Waals surface area contributed by atoms with E-state index in [2.05, 4.69) is 0 Å². The highest BCUT2D eigenvalue weighted by Crippen LogP contribution is 2.35. The lowest BCUT2D eigenvalue weighted by Crippen LogP contribution is -2.41. The van der Waals surface area contributed by atoms with Gasteiger partial charge in [0.05, 0.1) is 0 Å². The van der Waals surface area contributed by atoms with Gasteiger partial charge in [0.25, 0.3) is 6.29 Å². The van der Waals surface area contributed by atoms with Gasteiger partial charge in [0.15, 0.2) is 0 Å². The number of hydrogen-bond donors (Lipinski definition) is 1. The summed E-state index contributed by atoms with van der Waals surface area (Å²) in [5, 5.41) is 8.79. The van der Waals surface area contributed by atoms with Crippen molar-refractivity contribution >= 4 is 6.16 Å². The SMILES string of the molecule is CCC(OC)C(OOC(C)(C)C1CCCCC1)OC(=O)O. The summed E-state index contributed by atoms with van der Waals surface area (Å²) in [4.78, 5) is 21.6. The highest BCUT2D eigenvalue weighted by molar-refractivity contribution is 5.56. The molecule has 1 N–H and O–H groups in total. The van der Waals surface area contributed by atoms with Crippen LogP contribution < -0.4 is 0 Å². The minimum absolute atomic E-state index is 0.402. The van der Waals surface area contributed by atoms with Crippen LogP contribution in [0, 0.1) is 5.92 Å². The van der Waals surface area contributed by atoms with E-state index in [9.17, 15) is 4.79 Å². The van der Waals surface area contributed by atoms with E-state index in [1.165, 1.54) is 26.4 Å². The molecule has 1 rings (SSSR count). The molecule has 0 bridgehead atoms. The highest BCUT2D eigenvalue weighted by Gasteiger charge is 2.35. The van der Waals surface area contributed by atoms with Crippen molar-refractivity contribution in [3.63, 3.8) is 0 Å². The zero-order chi connectivity index (χ0) is 15.9. The second-order valence-corrected chi connectivity index (χ2v) is 6.05. The van der Waals surface area contributed by atoms with Crippen LogP contribution in [0.3, 0.4) is 0 Å². The topological polar surface area (TPSA) is 74.2 Å². The molecule has 0 heterocycles.